The molecule has 4 heterocycles. The second kappa shape index (κ2) is 6.93. The Morgan fingerprint density at radius 3 is 2.29 bits per heavy atom. The highest BCUT2D eigenvalue weighted by Crippen LogP contribution is 2.47. The van der Waals surface area contributed by atoms with Gasteiger partial charge in [-0.15, -0.1) is 0 Å². The summed E-state index contributed by atoms with van der Waals surface area (Å²) in [5.41, 5.74) is 3.33. The van der Waals surface area contributed by atoms with Crippen LogP contribution >= 0.6 is 0 Å². The summed E-state index contributed by atoms with van der Waals surface area (Å²) < 4.78 is 5.34. The topological polar surface area (TPSA) is 32.8 Å². The van der Waals surface area contributed by atoms with Crippen LogP contribution in [0.4, 0.5) is 0 Å². The van der Waals surface area contributed by atoms with Gasteiger partial charge in [0.05, 0.1) is 13.2 Å². The van der Waals surface area contributed by atoms with Gasteiger partial charge in [0.25, 0.3) is 5.91 Å². The molecule has 0 unspecified atom stereocenters. The SMILES string of the molecule is COc1ccc([C@@H]2CN(C(=O)c3ccc(C)cc3)[C@@H]3C4CCN(CC4)[C@@H]32)cc1. The lowest BCUT2D eigenvalue weighted by Gasteiger charge is -2.51. The number of methoxy groups -OCH3 is 1. The molecule has 4 fully saturated rings. The first-order valence-corrected chi connectivity index (χ1v) is 10.4. The molecule has 4 aliphatic rings. The van der Waals surface area contributed by atoms with Crippen LogP contribution < -0.4 is 4.74 Å². The molecule has 2 bridgehead atoms. The maximum atomic E-state index is 13.5. The van der Waals surface area contributed by atoms with E-state index in [1.165, 1.54) is 37.1 Å². The number of carbonyl (C=O) groups excluding carboxylic acids is 1. The molecule has 4 aliphatic heterocycles. The zero-order valence-corrected chi connectivity index (χ0v) is 16.7. The standard InChI is InChI=1S/C24H28N2O2/c1-16-3-5-19(6-4-16)24(27)26-15-21(17-7-9-20(28-2)10-8-17)23-22(26)18-11-13-25(23)14-12-18/h3-10,18,21-23H,11-15H2,1-2H3/t21-,22+,23+/m0/s1. The summed E-state index contributed by atoms with van der Waals surface area (Å²) in [5.74, 6) is 2.08. The second-order valence-corrected chi connectivity index (χ2v) is 8.56. The number of aryl methyl sites for hydroxylation is 1. The summed E-state index contributed by atoms with van der Waals surface area (Å²) in [5, 5.41) is 0. The van der Waals surface area contributed by atoms with Gasteiger partial charge in [0.15, 0.2) is 0 Å². The zero-order chi connectivity index (χ0) is 19.3. The van der Waals surface area contributed by atoms with Crippen LogP contribution in [-0.4, -0.2) is 54.5 Å². The molecule has 4 nitrogen and oxygen atoms in total. The number of carbonyl (C=O) groups is 1. The van der Waals surface area contributed by atoms with Crippen molar-refractivity contribution >= 4 is 5.91 Å². The third kappa shape index (κ3) is 2.82. The van der Waals surface area contributed by atoms with Crippen LogP contribution in [0.15, 0.2) is 48.5 Å². The van der Waals surface area contributed by atoms with Crippen LogP contribution in [0.25, 0.3) is 0 Å². The summed E-state index contributed by atoms with van der Waals surface area (Å²) >= 11 is 0. The molecule has 146 valence electrons. The lowest BCUT2D eigenvalue weighted by atomic mass is 9.75. The first-order chi connectivity index (χ1) is 13.7. The number of fused-ring (bicyclic) bond motifs is 2. The first kappa shape index (κ1) is 17.7. The molecule has 6 rings (SSSR count). The third-order valence-electron chi connectivity index (χ3n) is 7.10. The first-order valence-electron chi connectivity index (χ1n) is 10.4. The van der Waals surface area contributed by atoms with Gasteiger partial charge in [-0.3, -0.25) is 9.69 Å². The molecule has 28 heavy (non-hydrogen) atoms. The largest absolute Gasteiger partial charge is 0.497 e. The van der Waals surface area contributed by atoms with Gasteiger partial charge in [-0.2, -0.15) is 0 Å². The second-order valence-electron chi connectivity index (χ2n) is 8.56. The van der Waals surface area contributed by atoms with Crippen molar-refractivity contribution in [3.63, 3.8) is 0 Å². The number of hydrogen-bond donors (Lipinski definition) is 0. The summed E-state index contributed by atoms with van der Waals surface area (Å²) in [7, 11) is 1.70. The highest BCUT2D eigenvalue weighted by Gasteiger charge is 2.54. The Labute approximate surface area is 167 Å². The van der Waals surface area contributed by atoms with E-state index < -0.39 is 0 Å². The predicted octanol–water partition coefficient (Wildman–Crippen LogP) is 3.71. The van der Waals surface area contributed by atoms with Gasteiger partial charge in [0.1, 0.15) is 5.75 Å². The Morgan fingerprint density at radius 1 is 0.964 bits per heavy atom. The molecule has 0 spiro atoms. The molecular formula is C24H28N2O2. The minimum Gasteiger partial charge on any atom is -0.497 e. The summed E-state index contributed by atoms with van der Waals surface area (Å²) in [6, 6.07) is 17.3. The van der Waals surface area contributed by atoms with Crippen LogP contribution in [-0.2, 0) is 0 Å². The minimum absolute atomic E-state index is 0.194. The van der Waals surface area contributed by atoms with Crippen molar-refractivity contribution in [2.45, 2.75) is 37.8 Å². The van der Waals surface area contributed by atoms with Gasteiger partial charge in [0, 0.05) is 24.1 Å². The quantitative estimate of drug-likeness (QED) is 0.819. The number of likely N-dealkylation sites (tertiary alicyclic amines) is 1. The van der Waals surface area contributed by atoms with Gasteiger partial charge >= 0.3 is 0 Å². The lowest BCUT2D eigenvalue weighted by molar-refractivity contribution is -0.00340. The van der Waals surface area contributed by atoms with Crippen LogP contribution in [0.3, 0.4) is 0 Å². The molecule has 0 radical (unpaired) electrons. The van der Waals surface area contributed by atoms with E-state index in [2.05, 4.69) is 28.9 Å². The fourth-order valence-corrected chi connectivity index (χ4v) is 5.66. The molecular weight excluding hydrogens is 348 g/mol. The van der Waals surface area contributed by atoms with Gasteiger partial charge in [-0.1, -0.05) is 29.8 Å². The fourth-order valence-electron chi connectivity index (χ4n) is 5.66. The minimum atomic E-state index is 0.194. The molecule has 0 saturated carbocycles. The van der Waals surface area contributed by atoms with Gasteiger partial charge < -0.3 is 9.64 Å². The summed E-state index contributed by atoms with van der Waals surface area (Å²) in [6.45, 7) is 5.21. The number of ether oxygens (including phenoxy) is 1. The maximum Gasteiger partial charge on any atom is 0.254 e. The highest BCUT2D eigenvalue weighted by molar-refractivity contribution is 5.95. The van der Waals surface area contributed by atoms with Gasteiger partial charge in [0.2, 0.25) is 0 Å². The van der Waals surface area contributed by atoms with Crippen LogP contribution in [0.5, 0.6) is 5.75 Å². The smallest absolute Gasteiger partial charge is 0.254 e. The molecule has 3 atom stereocenters. The third-order valence-corrected chi connectivity index (χ3v) is 7.10. The highest BCUT2D eigenvalue weighted by atomic mass is 16.5. The molecule has 0 N–H and O–H groups in total. The lowest BCUT2D eigenvalue weighted by Crippen LogP contribution is -2.60. The van der Waals surface area contributed by atoms with E-state index in [9.17, 15) is 4.79 Å². The van der Waals surface area contributed by atoms with Crippen LogP contribution in [0, 0.1) is 12.8 Å². The summed E-state index contributed by atoms with van der Waals surface area (Å²) in [4.78, 5) is 18.3. The van der Waals surface area contributed by atoms with Crippen molar-refractivity contribution in [3.8, 4) is 5.75 Å². The van der Waals surface area contributed by atoms with Crippen molar-refractivity contribution in [3.05, 3.63) is 65.2 Å². The average Bonchev–Trinajstić information content (AvgIpc) is 3.17. The monoisotopic (exact) mass is 376 g/mol. The molecule has 4 saturated heterocycles. The van der Waals surface area contributed by atoms with E-state index in [1.807, 2.05) is 36.4 Å². The predicted molar refractivity (Wildman–Crippen MR) is 110 cm³/mol. The van der Waals surface area contributed by atoms with Crippen molar-refractivity contribution in [1.29, 1.82) is 0 Å². The molecule has 0 aliphatic carbocycles. The summed E-state index contributed by atoms with van der Waals surface area (Å²) in [6.07, 6.45) is 2.43. The van der Waals surface area contributed by atoms with Crippen molar-refractivity contribution in [2.24, 2.45) is 5.92 Å². The van der Waals surface area contributed by atoms with Gasteiger partial charge in [-0.05, 0) is 68.6 Å². The molecule has 4 heteroatoms. The molecule has 1 amide bonds. The van der Waals surface area contributed by atoms with E-state index in [4.69, 9.17) is 4.74 Å². The van der Waals surface area contributed by atoms with E-state index >= 15 is 0 Å². The number of rotatable bonds is 3. The van der Waals surface area contributed by atoms with E-state index in [-0.39, 0.29) is 5.91 Å². The number of amides is 1. The maximum absolute atomic E-state index is 13.5. The number of nitrogens with zero attached hydrogens (tertiary/aromatic N) is 2. The van der Waals surface area contributed by atoms with E-state index in [1.54, 1.807) is 7.11 Å². The Bertz CT molecular complexity index is 853. The van der Waals surface area contributed by atoms with Gasteiger partial charge in [-0.25, -0.2) is 0 Å². The Hall–Kier alpha value is -2.33. The zero-order valence-electron chi connectivity index (χ0n) is 16.7. The van der Waals surface area contributed by atoms with E-state index in [0.717, 1.165) is 17.9 Å². The normalized spacial score (nSPS) is 30.9. The van der Waals surface area contributed by atoms with Crippen molar-refractivity contribution < 1.29 is 9.53 Å². The van der Waals surface area contributed by atoms with Crippen LogP contribution in [0.1, 0.15) is 40.2 Å². The molecule has 0 aromatic heterocycles. The fraction of sp³-hybridized carbons (Fsp3) is 0.458. The molecule has 2 aromatic carbocycles. The van der Waals surface area contributed by atoms with E-state index in [0.29, 0.717) is 23.9 Å². The Balaban J connectivity index is 1.49. The Kier molecular flexibility index (Phi) is 4.39. The van der Waals surface area contributed by atoms with Crippen molar-refractivity contribution in [1.82, 2.24) is 9.80 Å². The van der Waals surface area contributed by atoms with Crippen molar-refractivity contribution in [2.75, 3.05) is 26.7 Å². The Morgan fingerprint density at radius 2 is 1.64 bits per heavy atom. The number of piperidine rings is 3. The number of benzene rings is 2. The molecule has 2 aromatic rings. The average molecular weight is 377 g/mol. The number of hydrogen-bond acceptors (Lipinski definition) is 3. The van der Waals surface area contributed by atoms with Crippen LogP contribution in [0.2, 0.25) is 0 Å².